The number of nitrogens with one attached hydrogen (secondary N) is 1. The number of hydrogen-bond acceptors (Lipinski definition) is 3. The Morgan fingerprint density at radius 3 is 3.19 bits per heavy atom. The third-order valence-electron chi connectivity index (χ3n) is 2.71. The van der Waals surface area contributed by atoms with Crippen LogP contribution in [0.15, 0.2) is 30.6 Å². The normalized spacial score (nSPS) is 13.1. The Morgan fingerprint density at radius 2 is 2.38 bits per heavy atom. The molecule has 0 aromatic carbocycles. The number of aliphatic hydroxyl groups is 1. The minimum Gasteiger partial charge on any atom is -0.396 e. The van der Waals surface area contributed by atoms with Gasteiger partial charge in [-0.25, -0.2) is 4.52 Å². The molecule has 0 fully saturated rings. The third kappa shape index (κ3) is 2.40. The Labute approximate surface area is 94.9 Å². The van der Waals surface area contributed by atoms with Gasteiger partial charge < -0.3 is 10.4 Å². The highest BCUT2D eigenvalue weighted by atomic mass is 16.3. The average Bonchev–Trinajstić information content (AvgIpc) is 2.70. The molecule has 16 heavy (non-hydrogen) atoms. The van der Waals surface area contributed by atoms with E-state index in [0.29, 0.717) is 6.04 Å². The van der Waals surface area contributed by atoms with E-state index >= 15 is 0 Å². The van der Waals surface area contributed by atoms with Crippen LogP contribution >= 0.6 is 0 Å². The van der Waals surface area contributed by atoms with Crippen LogP contribution in [0.3, 0.4) is 0 Å². The molecule has 0 spiro atoms. The Hall–Kier alpha value is -1.39. The van der Waals surface area contributed by atoms with Crippen molar-refractivity contribution >= 4 is 5.52 Å². The summed E-state index contributed by atoms with van der Waals surface area (Å²) in [5, 5.41) is 16.4. The molecular weight excluding hydrogens is 202 g/mol. The number of aromatic nitrogens is 2. The van der Waals surface area contributed by atoms with Gasteiger partial charge in [-0.15, -0.1) is 0 Å². The Kier molecular flexibility index (Phi) is 3.54. The van der Waals surface area contributed by atoms with Gasteiger partial charge >= 0.3 is 0 Å². The first-order valence-electron chi connectivity index (χ1n) is 5.56. The lowest BCUT2D eigenvalue weighted by Gasteiger charge is -2.11. The summed E-state index contributed by atoms with van der Waals surface area (Å²) in [7, 11) is 0. The van der Waals surface area contributed by atoms with Crippen molar-refractivity contribution in [1.29, 1.82) is 0 Å². The maximum atomic E-state index is 8.81. The lowest BCUT2D eigenvalue weighted by Crippen LogP contribution is -2.26. The molecule has 2 rings (SSSR count). The van der Waals surface area contributed by atoms with Gasteiger partial charge in [0.2, 0.25) is 0 Å². The van der Waals surface area contributed by atoms with Gasteiger partial charge in [0.15, 0.2) is 0 Å². The van der Waals surface area contributed by atoms with E-state index in [0.717, 1.165) is 18.5 Å². The number of hydrogen-bond donors (Lipinski definition) is 2. The van der Waals surface area contributed by atoms with Gasteiger partial charge in [0.1, 0.15) is 0 Å². The van der Waals surface area contributed by atoms with E-state index in [1.165, 1.54) is 5.56 Å². The van der Waals surface area contributed by atoms with E-state index < -0.39 is 0 Å². The van der Waals surface area contributed by atoms with E-state index in [4.69, 9.17) is 5.11 Å². The molecule has 0 saturated carbocycles. The Bertz CT molecular complexity index is 452. The highest BCUT2D eigenvalue weighted by molar-refractivity contribution is 5.53. The zero-order chi connectivity index (χ0) is 11.4. The van der Waals surface area contributed by atoms with Crippen LogP contribution in [0.25, 0.3) is 5.52 Å². The minimum atomic E-state index is 0.225. The zero-order valence-electron chi connectivity index (χ0n) is 9.43. The lowest BCUT2D eigenvalue weighted by molar-refractivity contribution is 0.269. The molecule has 4 nitrogen and oxygen atoms in total. The number of nitrogens with zero attached hydrogens (tertiary/aromatic N) is 2. The molecule has 0 aliphatic rings. The van der Waals surface area contributed by atoms with Crippen molar-refractivity contribution in [1.82, 2.24) is 14.9 Å². The van der Waals surface area contributed by atoms with Crippen molar-refractivity contribution in [2.24, 2.45) is 0 Å². The summed E-state index contributed by atoms with van der Waals surface area (Å²) < 4.78 is 1.87. The van der Waals surface area contributed by atoms with Crippen LogP contribution < -0.4 is 5.32 Å². The van der Waals surface area contributed by atoms with E-state index in [1.54, 1.807) is 0 Å². The fourth-order valence-corrected chi connectivity index (χ4v) is 1.70. The highest BCUT2D eigenvalue weighted by Gasteiger charge is 2.05. The molecule has 2 heterocycles. The Balaban J connectivity index is 2.04. The molecule has 4 heteroatoms. The van der Waals surface area contributed by atoms with Crippen molar-refractivity contribution < 1.29 is 5.11 Å². The summed E-state index contributed by atoms with van der Waals surface area (Å²) in [6.07, 6.45) is 4.60. The van der Waals surface area contributed by atoms with Crippen molar-refractivity contribution in [2.75, 3.05) is 6.61 Å². The standard InChI is InChI=1S/C12H17N3O/c1-10(5-7-16)13-8-11-9-14-15-6-3-2-4-12(11)15/h2-4,6,9-10,13,16H,5,7-8H2,1H3. The summed E-state index contributed by atoms with van der Waals surface area (Å²) in [6, 6.07) is 6.35. The molecule has 1 atom stereocenters. The quantitative estimate of drug-likeness (QED) is 0.794. The molecule has 2 aromatic heterocycles. The van der Waals surface area contributed by atoms with Crippen LogP contribution in [-0.2, 0) is 6.54 Å². The van der Waals surface area contributed by atoms with Crippen LogP contribution in [-0.4, -0.2) is 27.4 Å². The molecule has 0 radical (unpaired) electrons. The molecular formula is C12H17N3O. The Morgan fingerprint density at radius 1 is 1.50 bits per heavy atom. The summed E-state index contributed by atoms with van der Waals surface area (Å²) >= 11 is 0. The van der Waals surface area contributed by atoms with Crippen LogP contribution in [0.2, 0.25) is 0 Å². The van der Waals surface area contributed by atoms with Crippen molar-refractivity contribution in [3.63, 3.8) is 0 Å². The molecule has 0 aliphatic carbocycles. The first-order chi connectivity index (χ1) is 7.81. The first-order valence-corrected chi connectivity index (χ1v) is 5.56. The predicted octanol–water partition coefficient (Wildman–Crippen LogP) is 1.19. The second-order valence-corrected chi connectivity index (χ2v) is 3.99. The summed E-state index contributed by atoms with van der Waals surface area (Å²) in [5.74, 6) is 0. The van der Waals surface area contributed by atoms with E-state index in [1.807, 2.05) is 29.0 Å². The van der Waals surface area contributed by atoms with Crippen LogP contribution in [0.1, 0.15) is 18.9 Å². The molecule has 2 N–H and O–H groups in total. The fraction of sp³-hybridized carbons (Fsp3) is 0.417. The predicted molar refractivity (Wildman–Crippen MR) is 63.2 cm³/mol. The van der Waals surface area contributed by atoms with Crippen LogP contribution in [0.5, 0.6) is 0 Å². The molecule has 86 valence electrons. The number of rotatable bonds is 5. The smallest absolute Gasteiger partial charge is 0.0706 e. The molecule has 1 unspecified atom stereocenters. The first kappa shape index (κ1) is 11.1. The van der Waals surface area contributed by atoms with E-state index in [2.05, 4.69) is 23.4 Å². The second-order valence-electron chi connectivity index (χ2n) is 3.99. The highest BCUT2D eigenvalue weighted by Crippen LogP contribution is 2.09. The van der Waals surface area contributed by atoms with Gasteiger partial charge in [0, 0.05) is 31.0 Å². The van der Waals surface area contributed by atoms with Gasteiger partial charge in [-0.1, -0.05) is 6.07 Å². The van der Waals surface area contributed by atoms with Gasteiger partial charge in [-0.3, -0.25) is 0 Å². The van der Waals surface area contributed by atoms with Crippen molar-refractivity contribution in [2.45, 2.75) is 25.9 Å². The summed E-state index contributed by atoms with van der Waals surface area (Å²) in [4.78, 5) is 0. The zero-order valence-corrected chi connectivity index (χ0v) is 9.43. The SMILES string of the molecule is CC(CCO)NCc1cnn2ccccc12. The van der Waals surface area contributed by atoms with Crippen LogP contribution in [0.4, 0.5) is 0 Å². The van der Waals surface area contributed by atoms with Gasteiger partial charge in [0.25, 0.3) is 0 Å². The van der Waals surface area contributed by atoms with E-state index in [-0.39, 0.29) is 6.61 Å². The topological polar surface area (TPSA) is 49.6 Å². The maximum Gasteiger partial charge on any atom is 0.0706 e. The second kappa shape index (κ2) is 5.09. The van der Waals surface area contributed by atoms with Gasteiger partial charge in [-0.05, 0) is 25.5 Å². The fourth-order valence-electron chi connectivity index (χ4n) is 1.70. The molecule has 0 amide bonds. The number of aliphatic hydroxyl groups excluding tert-OH is 1. The molecule has 0 bridgehead atoms. The summed E-state index contributed by atoms with van der Waals surface area (Å²) in [6.45, 7) is 3.08. The lowest BCUT2D eigenvalue weighted by atomic mass is 10.2. The largest absolute Gasteiger partial charge is 0.396 e. The average molecular weight is 219 g/mol. The van der Waals surface area contributed by atoms with Gasteiger partial charge in [0.05, 0.1) is 11.7 Å². The van der Waals surface area contributed by atoms with Crippen molar-refractivity contribution in [3.8, 4) is 0 Å². The van der Waals surface area contributed by atoms with Crippen LogP contribution in [0, 0.1) is 0 Å². The maximum absolute atomic E-state index is 8.81. The molecule has 2 aromatic rings. The molecule has 0 saturated heterocycles. The molecule has 0 aliphatic heterocycles. The third-order valence-corrected chi connectivity index (χ3v) is 2.71. The number of fused-ring (bicyclic) bond motifs is 1. The van der Waals surface area contributed by atoms with Crippen molar-refractivity contribution in [3.05, 3.63) is 36.2 Å². The minimum absolute atomic E-state index is 0.225. The monoisotopic (exact) mass is 219 g/mol. The summed E-state index contributed by atoms with van der Waals surface area (Å²) in [5.41, 5.74) is 2.32. The number of pyridine rings is 1. The van der Waals surface area contributed by atoms with E-state index in [9.17, 15) is 0 Å². The van der Waals surface area contributed by atoms with Gasteiger partial charge in [-0.2, -0.15) is 5.10 Å².